The van der Waals surface area contributed by atoms with Crippen LogP contribution in [0.2, 0.25) is 0 Å². The number of rotatable bonds is 3. The predicted octanol–water partition coefficient (Wildman–Crippen LogP) is 0.825. The molecule has 0 rings (SSSR count). The molecule has 0 saturated heterocycles. The molecule has 0 amide bonds. The number of hydrogen-bond acceptors (Lipinski definition) is 3. The topological polar surface area (TPSA) is 38.3 Å². The summed E-state index contributed by atoms with van der Waals surface area (Å²) in [5.41, 5.74) is 0. The van der Waals surface area contributed by atoms with E-state index < -0.39 is 0 Å². The van der Waals surface area contributed by atoms with Crippen molar-refractivity contribution in [3.63, 3.8) is 0 Å². The first kappa shape index (κ1) is 13.3. The number of esters is 1. The average Bonchev–Trinajstić information content (AvgIpc) is 1.88. The SMILES string of the molecule is CNC(C(=O)OC)C(C)C.Cl. The Morgan fingerprint density at radius 3 is 2.00 bits per heavy atom. The van der Waals surface area contributed by atoms with Crippen LogP contribution in [-0.4, -0.2) is 26.2 Å². The van der Waals surface area contributed by atoms with Gasteiger partial charge in [0.25, 0.3) is 0 Å². The van der Waals surface area contributed by atoms with E-state index in [-0.39, 0.29) is 30.3 Å². The van der Waals surface area contributed by atoms with Crippen molar-refractivity contribution >= 4 is 18.4 Å². The molecule has 0 heterocycles. The van der Waals surface area contributed by atoms with Crippen molar-refractivity contribution in [3.8, 4) is 0 Å². The van der Waals surface area contributed by atoms with Crippen LogP contribution >= 0.6 is 12.4 Å². The Morgan fingerprint density at radius 1 is 1.45 bits per heavy atom. The van der Waals surface area contributed by atoms with E-state index in [2.05, 4.69) is 10.1 Å². The van der Waals surface area contributed by atoms with E-state index in [0.29, 0.717) is 0 Å². The lowest BCUT2D eigenvalue weighted by molar-refractivity contribution is -0.144. The molecule has 0 saturated carbocycles. The maximum atomic E-state index is 10.9. The van der Waals surface area contributed by atoms with Crippen molar-refractivity contribution in [3.05, 3.63) is 0 Å². The summed E-state index contributed by atoms with van der Waals surface area (Å²) in [6.07, 6.45) is 0. The molecule has 11 heavy (non-hydrogen) atoms. The van der Waals surface area contributed by atoms with Crippen LogP contribution in [0.1, 0.15) is 13.8 Å². The molecule has 0 bridgehead atoms. The molecule has 0 aliphatic rings. The fourth-order valence-corrected chi connectivity index (χ4v) is 0.850. The minimum atomic E-state index is -0.197. The molecule has 0 aliphatic heterocycles. The highest BCUT2D eigenvalue weighted by Crippen LogP contribution is 2.01. The number of nitrogens with one attached hydrogen (secondary N) is 1. The van der Waals surface area contributed by atoms with Gasteiger partial charge < -0.3 is 10.1 Å². The van der Waals surface area contributed by atoms with Gasteiger partial charge in [0.1, 0.15) is 6.04 Å². The van der Waals surface area contributed by atoms with Crippen LogP contribution in [0.4, 0.5) is 0 Å². The van der Waals surface area contributed by atoms with Gasteiger partial charge in [-0.3, -0.25) is 4.79 Å². The molecule has 1 unspecified atom stereocenters. The molecule has 3 nitrogen and oxygen atoms in total. The maximum Gasteiger partial charge on any atom is 0.323 e. The van der Waals surface area contributed by atoms with Gasteiger partial charge in [-0.2, -0.15) is 0 Å². The second-order valence-corrected chi connectivity index (χ2v) is 2.53. The number of hydrogen-bond donors (Lipinski definition) is 1. The van der Waals surface area contributed by atoms with Gasteiger partial charge in [-0.15, -0.1) is 12.4 Å². The summed E-state index contributed by atoms with van der Waals surface area (Å²) in [5, 5.41) is 2.88. The summed E-state index contributed by atoms with van der Waals surface area (Å²) in [4.78, 5) is 10.9. The van der Waals surface area contributed by atoms with Crippen molar-refractivity contribution in [2.45, 2.75) is 19.9 Å². The molecule has 4 heteroatoms. The molecule has 0 spiro atoms. The summed E-state index contributed by atoms with van der Waals surface area (Å²) < 4.78 is 4.56. The summed E-state index contributed by atoms with van der Waals surface area (Å²) in [6.45, 7) is 3.94. The third kappa shape index (κ3) is 4.22. The van der Waals surface area contributed by atoms with E-state index in [0.717, 1.165) is 0 Å². The highest BCUT2D eigenvalue weighted by atomic mass is 35.5. The van der Waals surface area contributed by atoms with Crippen LogP contribution in [0.15, 0.2) is 0 Å². The first-order valence-electron chi connectivity index (χ1n) is 3.38. The summed E-state index contributed by atoms with van der Waals surface area (Å²) in [6, 6.07) is -0.176. The molecule has 0 aromatic carbocycles. The van der Waals surface area contributed by atoms with Crippen LogP contribution in [0.3, 0.4) is 0 Å². The normalized spacial score (nSPS) is 12.1. The minimum Gasteiger partial charge on any atom is -0.468 e. The van der Waals surface area contributed by atoms with E-state index >= 15 is 0 Å². The van der Waals surface area contributed by atoms with Gasteiger partial charge in [-0.25, -0.2) is 0 Å². The number of carbonyl (C=O) groups is 1. The summed E-state index contributed by atoms with van der Waals surface area (Å²) >= 11 is 0. The molecule has 0 aromatic heterocycles. The van der Waals surface area contributed by atoms with Gasteiger partial charge in [0.15, 0.2) is 0 Å². The first-order chi connectivity index (χ1) is 4.63. The monoisotopic (exact) mass is 181 g/mol. The van der Waals surface area contributed by atoms with Crippen LogP contribution in [0.25, 0.3) is 0 Å². The molecule has 0 fully saturated rings. The van der Waals surface area contributed by atoms with Crippen molar-refractivity contribution in [1.82, 2.24) is 5.32 Å². The van der Waals surface area contributed by atoms with Gasteiger partial charge in [-0.05, 0) is 13.0 Å². The van der Waals surface area contributed by atoms with Crippen molar-refractivity contribution in [2.75, 3.05) is 14.2 Å². The molecule has 1 atom stereocenters. The smallest absolute Gasteiger partial charge is 0.323 e. The fourth-order valence-electron chi connectivity index (χ4n) is 0.850. The van der Waals surface area contributed by atoms with E-state index in [1.807, 2.05) is 13.8 Å². The summed E-state index contributed by atoms with van der Waals surface area (Å²) in [5.74, 6) is 0.0787. The zero-order valence-electron chi connectivity index (χ0n) is 7.38. The maximum absolute atomic E-state index is 10.9. The highest BCUT2D eigenvalue weighted by molar-refractivity contribution is 5.85. The summed E-state index contributed by atoms with van der Waals surface area (Å²) in [7, 11) is 3.15. The third-order valence-corrected chi connectivity index (χ3v) is 1.43. The number of likely N-dealkylation sites (N-methyl/N-ethyl adjacent to an activating group) is 1. The molecule has 68 valence electrons. The van der Waals surface area contributed by atoms with Crippen molar-refractivity contribution in [2.24, 2.45) is 5.92 Å². The Balaban J connectivity index is 0. The molecule has 0 aliphatic carbocycles. The average molecular weight is 182 g/mol. The standard InChI is InChI=1S/C7H15NO2.ClH/c1-5(2)6(8-3)7(9)10-4;/h5-6,8H,1-4H3;1H. The second kappa shape index (κ2) is 6.43. The van der Waals surface area contributed by atoms with E-state index in [1.165, 1.54) is 7.11 Å². The van der Waals surface area contributed by atoms with Gasteiger partial charge in [0.05, 0.1) is 7.11 Å². The van der Waals surface area contributed by atoms with Crippen molar-refractivity contribution < 1.29 is 9.53 Å². The van der Waals surface area contributed by atoms with E-state index in [4.69, 9.17) is 0 Å². The molecule has 0 aromatic rings. The third-order valence-electron chi connectivity index (χ3n) is 1.43. The molecule has 1 N–H and O–H groups in total. The van der Waals surface area contributed by atoms with Gasteiger partial charge in [0.2, 0.25) is 0 Å². The quantitative estimate of drug-likeness (QED) is 0.656. The predicted molar refractivity (Wildman–Crippen MR) is 46.9 cm³/mol. The lowest BCUT2D eigenvalue weighted by Crippen LogP contribution is -2.39. The Morgan fingerprint density at radius 2 is 1.91 bits per heavy atom. The van der Waals surface area contributed by atoms with Crippen LogP contribution < -0.4 is 5.32 Å². The fraction of sp³-hybridized carbons (Fsp3) is 0.857. The first-order valence-corrected chi connectivity index (χ1v) is 3.38. The lowest BCUT2D eigenvalue weighted by Gasteiger charge is -2.16. The number of methoxy groups -OCH3 is 1. The Labute approximate surface area is 73.9 Å². The molecule has 0 radical (unpaired) electrons. The Bertz CT molecular complexity index is 117. The van der Waals surface area contributed by atoms with Gasteiger partial charge in [0, 0.05) is 0 Å². The van der Waals surface area contributed by atoms with Crippen molar-refractivity contribution in [1.29, 1.82) is 0 Å². The number of halogens is 1. The van der Waals surface area contributed by atoms with Gasteiger partial charge >= 0.3 is 5.97 Å². The number of carbonyl (C=O) groups excluding carboxylic acids is 1. The molecular weight excluding hydrogens is 166 g/mol. The lowest BCUT2D eigenvalue weighted by atomic mass is 10.1. The Kier molecular flexibility index (Phi) is 7.79. The van der Waals surface area contributed by atoms with E-state index in [9.17, 15) is 4.79 Å². The highest BCUT2D eigenvalue weighted by Gasteiger charge is 2.19. The van der Waals surface area contributed by atoms with Gasteiger partial charge in [-0.1, -0.05) is 13.8 Å². The van der Waals surface area contributed by atoms with Crippen LogP contribution in [-0.2, 0) is 9.53 Å². The molecular formula is C7H16ClNO2. The zero-order valence-corrected chi connectivity index (χ0v) is 8.20. The zero-order chi connectivity index (χ0) is 8.15. The van der Waals surface area contributed by atoms with E-state index in [1.54, 1.807) is 7.05 Å². The second-order valence-electron chi connectivity index (χ2n) is 2.53. The number of ether oxygens (including phenoxy) is 1. The van der Waals surface area contributed by atoms with Crippen LogP contribution in [0.5, 0.6) is 0 Å². The minimum absolute atomic E-state index is 0. The Hall–Kier alpha value is -0.280. The largest absolute Gasteiger partial charge is 0.468 e. The van der Waals surface area contributed by atoms with Crippen LogP contribution in [0, 0.1) is 5.92 Å².